The van der Waals surface area contributed by atoms with E-state index in [0.29, 0.717) is 21.2 Å². The zero-order valence-corrected chi connectivity index (χ0v) is 13.1. The maximum absolute atomic E-state index is 12.0. The third kappa shape index (κ3) is 2.88. The summed E-state index contributed by atoms with van der Waals surface area (Å²) in [5.41, 5.74) is 1.48. The number of aromatic nitrogens is 2. The molecular weight excluding hydrogens is 324 g/mol. The van der Waals surface area contributed by atoms with Gasteiger partial charge in [-0.25, -0.2) is 9.78 Å². The number of aryl methyl sites for hydroxylation is 1. The van der Waals surface area contributed by atoms with E-state index in [0.717, 1.165) is 5.69 Å². The number of halogens is 1. The number of carbonyl (C=O) groups is 1. The van der Waals surface area contributed by atoms with E-state index in [9.17, 15) is 9.59 Å². The zero-order chi connectivity index (χ0) is 15.7. The zero-order valence-electron chi connectivity index (χ0n) is 11.6. The van der Waals surface area contributed by atoms with Crippen molar-refractivity contribution < 1.29 is 9.53 Å². The first-order valence-electron chi connectivity index (χ1n) is 6.44. The Kier molecular flexibility index (Phi) is 3.96. The number of ether oxygens (including phenoxy) is 1. The quantitative estimate of drug-likeness (QED) is 0.691. The van der Waals surface area contributed by atoms with E-state index in [4.69, 9.17) is 16.3 Å². The summed E-state index contributed by atoms with van der Waals surface area (Å²) in [6, 6.07) is 7.77. The highest BCUT2D eigenvalue weighted by atomic mass is 35.5. The van der Waals surface area contributed by atoms with Gasteiger partial charge in [0.05, 0.1) is 11.3 Å². The van der Waals surface area contributed by atoms with Gasteiger partial charge >= 0.3 is 5.97 Å². The lowest BCUT2D eigenvalue weighted by atomic mass is 10.2. The molecule has 0 aliphatic carbocycles. The Labute approximate surface area is 134 Å². The molecular formula is C15H11ClN2O3S. The molecule has 2 aromatic heterocycles. The summed E-state index contributed by atoms with van der Waals surface area (Å²) >= 11 is 7.14. The molecule has 3 rings (SSSR count). The van der Waals surface area contributed by atoms with Crippen LogP contribution in [0.15, 0.2) is 40.5 Å². The number of hydrogen-bond donors (Lipinski definition) is 0. The van der Waals surface area contributed by atoms with Gasteiger partial charge in [0.15, 0.2) is 4.96 Å². The molecule has 7 heteroatoms. The molecule has 0 bridgehead atoms. The fraction of sp³-hybridized carbons (Fsp3) is 0.133. The molecule has 0 spiro atoms. The monoisotopic (exact) mass is 334 g/mol. The Morgan fingerprint density at radius 1 is 1.36 bits per heavy atom. The average Bonchev–Trinajstić information content (AvgIpc) is 2.87. The minimum Gasteiger partial charge on any atom is -0.456 e. The van der Waals surface area contributed by atoms with E-state index in [1.54, 1.807) is 24.3 Å². The van der Waals surface area contributed by atoms with Crippen molar-refractivity contribution in [3.05, 3.63) is 68.0 Å². The van der Waals surface area contributed by atoms with Crippen molar-refractivity contribution in [3.63, 3.8) is 0 Å². The molecule has 0 atom stereocenters. The first-order valence-corrected chi connectivity index (χ1v) is 7.70. The second-order valence-electron chi connectivity index (χ2n) is 4.66. The molecule has 0 amide bonds. The summed E-state index contributed by atoms with van der Waals surface area (Å²) in [5, 5.41) is 2.40. The van der Waals surface area contributed by atoms with Crippen LogP contribution in [0.2, 0.25) is 5.02 Å². The maximum atomic E-state index is 12.0. The lowest BCUT2D eigenvalue weighted by Crippen LogP contribution is -2.16. The summed E-state index contributed by atoms with van der Waals surface area (Å²) in [4.78, 5) is 28.8. The van der Waals surface area contributed by atoms with E-state index >= 15 is 0 Å². The number of esters is 1. The predicted octanol–water partition coefficient (Wildman–Crippen LogP) is 3.07. The van der Waals surface area contributed by atoms with Gasteiger partial charge in [0.25, 0.3) is 5.56 Å². The van der Waals surface area contributed by atoms with Crippen molar-refractivity contribution in [3.8, 4) is 0 Å². The van der Waals surface area contributed by atoms with Gasteiger partial charge < -0.3 is 4.74 Å². The Balaban J connectivity index is 1.77. The number of thiazole rings is 1. The van der Waals surface area contributed by atoms with Gasteiger partial charge in [0, 0.05) is 22.2 Å². The lowest BCUT2D eigenvalue weighted by molar-refractivity contribution is 0.0468. The van der Waals surface area contributed by atoms with Crippen molar-refractivity contribution in [1.82, 2.24) is 9.38 Å². The fourth-order valence-corrected chi connectivity index (χ4v) is 3.00. The number of benzene rings is 1. The van der Waals surface area contributed by atoms with Gasteiger partial charge in [-0.1, -0.05) is 11.6 Å². The summed E-state index contributed by atoms with van der Waals surface area (Å²) in [6.07, 6.45) is 0. The van der Waals surface area contributed by atoms with Crippen molar-refractivity contribution in [2.24, 2.45) is 0 Å². The van der Waals surface area contributed by atoms with Crippen LogP contribution in [0, 0.1) is 6.92 Å². The standard InChI is InChI=1S/C15H11ClN2O3S/c1-9-8-22-15-17-12(6-13(19)18(9)15)7-21-14(20)10-2-4-11(16)5-3-10/h2-6,8H,7H2,1H3. The Bertz CT molecular complexity index is 899. The van der Waals surface area contributed by atoms with Crippen LogP contribution >= 0.6 is 22.9 Å². The maximum Gasteiger partial charge on any atom is 0.338 e. The third-order valence-electron chi connectivity index (χ3n) is 3.06. The van der Waals surface area contributed by atoms with Crippen LogP contribution in [-0.2, 0) is 11.3 Å². The smallest absolute Gasteiger partial charge is 0.338 e. The van der Waals surface area contributed by atoms with Gasteiger partial charge in [0.2, 0.25) is 0 Å². The normalized spacial score (nSPS) is 10.8. The van der Waals surface area contributed by atoms with Gasteiger partial charge in [-0.2, -0.15) is 0 Å². The highest BCUT2D eigenvalue weighted by molar-refractivity contribution is 7.15. The molecule has 5 nitrogen and oxygen atoms in total. The highest BCUT2D eigenvalue weighted by Crippen LogP contribution is 2.13. The van der Waals surface area contributed by atoms with Crippen LogP contribution in [-0.4, -0.2) is 15.4 Å². The molecule has 2 heterocycles. The van der Waals surface area contributed by atoms with Gasteiger partial charge in [0.1, 0.15) is 6.61 Å². The predicted molar refractivity (Wildman–Crippen MR) is 84.6 cm³/mol. The van der Waals surface area contributed by atoms with Gasteiger partial charge in [-0.15, -0.1) is 11.3 Å². The molecule has 112 valence electrons. The van der Waals surface area contributed by atoms with E-state index in [2.05, 4.69) is 4.98 Å². The summed E-state index contributed by atoms with van der Waals surface area (Å²) in [7, 11) is 0. The summed E-state index contributed by atoms with van der Waals surface area (Å²) in [5.74, 6) is -0.485. The minimum atomic E-state index is -0.485. The van der Waals surface area contributed by atoms with Gasteiger partial charge in [-0.3, -0.25) is 9.20 Å². The number of nitrogens with zero attached hydrogens (tertiary/aromatic N) is 2. The van der Waals surface area contributed by atoms with E-state index in [1.807, 2.05) is 12.3 Å². The van der Waals surface area contributed by atoms with E-state index in [1.165, 1.54) is 21.8 Å². The molecule has 0 saturated heterocycles. The van der Waals surface area contributed by atoms with Crippen molar-refractivity contribution in [2.75, 3.05) is 0 Å². The van der Waals surface area contributed by atoms with Crippen LogP contribution in [0.1, 0.15) is 21.7 Å². The topological polar surface area (TPSA) is 60.7 Å². The summed E-state index contributed by atoms with van der Waals surface area (Å²) in [6.45, 7) is 1.79. The van der Waals surface area contributed by atoms with Gasteiger partial charge in [-0.05, 0) is 31.2 Å². The van der Waals surface area contributed by atoms with Crippen LogP contribution in [0.25, 0.3) is 4.96 Å². The van der Waals surface area contributed by atoms with Crippen molar-refractivity contribution in [2.45, 2.75) is 13.5 Å². The second kappa shape index (κ2) is 5.90. The molecule has 1 aromatic carbocycles. The SMILES string of the molecule is Cc1csc2nc(COC(=O)c3ccc(Cl)cc3)cc(=O)n12. The number of hydrogen-bond acceptors (Lipinski definition) is 5. The number of fused-ring (bicyclic) bond motifs is 1. The highest BCUT2D eigenvalue weighted by Gasteiger charge is 2.10. The number of rotatable bonds is 3. The minimum absolute atomic E-state index is 0.0514. The molecule has 0 aliphatic rings. The Morgan fingerprint density at radius 3 is 2.82 bits per heavy atom. The second-order valence-corrected chi connectivity index (χ2v) is 5.94. The molecule has 0 radical (unpaired) electrons. The van der Waals surface area contributed by atoms with Crippen LogP contribution in [0.5, 0.6) is 0 Å². The average molecular weight is 335 g/mol. The lowest BCUT2D eigenvalue weighted by Gasteiger charge is -2.05. The first-order chi connectivity index (χ1) is 10.5. The largest absolute Gasteiger partial charge is 0.456 e. The molecule has 0 N–H and O–H groups in total. The third-order valence-corrected chi connectivity index (χ3v) is 4.26. The van der Waals surface area contributed by atoms with Crippen molar-refractivity contribution >= 4 is 33.9 Å². The van der Waals surface area contributed by atoms with Crippen LogP contribution < -0.4 is 5.56 Å². The fourth-order valence-electron chi connectivity index (χ4n) is 1.98. The molecule has 0 saturated carbocycles. The van der Waals surface area contributed by atoms with Crippen LogP contribution in [0.4, 0.5) is 0 Å². The first kappa shape index (κ1) is 14.7. The molecule has 0 fully saturated rings. The van der Waals surface area contributed by atoms with Crippen LogP contribution in [0.3, 0.4) is 0 Å². The molecule has 3 aromatic rings. The molecule has 0 aliphatic heterocycles. The Morgan fingerprint density at radius 2 is 2.09 bits per heavy atom. The summed E-state index contributed by atoms with van der Waals surface area (Å²) < 4.78 is 6.70. The molecule has 0 unspecified atom stereocenters. The van der Waals surface area contributed by atoms with E-state index in [-0.39, 0.29) is 12.2 Å². The molecule has 22 heavy (non-hydrogen) atoms. The Hall–Kier alpha value is -2.18. The number of carbonyl (C=O) groups excluding carboxylic acids is 1. The van der Waals surface area contributed by atoms with Crippen molar-refractivity contribution in [1.29, 1.82) is 0 Å². The van der Waals surface area contributed by atoms with E-state index < -0.39 is 5.97 Å².